The highest BCUT2D eigenvalue weighted by Crippen LogP contribution is 2.36. The summed E-state index contributed by atoms with van der Waals surface area (Å²) >= 11 is 0. The Morgan fingerprint density at radius 2 is 1.59 bits per heavy atom. The molecule has 7 heteroatoms. The van der Waals surface area contributed by atoms with Crippen molar-refractivity contribution in [1.29, 1.82) is 0 Å². The topological polar surface area (TPSA) is 60.3 Å². The summed E-state index contributed by atoms with van der Waals surface area (Å²) in [6.07, 6.45) is -2.43. The number of para-hydroxylation sites is 1. The summed E-state index contributed by atoms with van der Waals surface area (Å²) in [7, 11) is 0. The molecule has 0 aliphatic rings. The standard InChI is InChI=1S/C25H23F3N2O2/c26-25(27,28)32-20-12-13-23-22(16-20)21(11-4-5-14-29)24(30-23)17-7-6-10-19(15-17)31-18-8-2-1-3-9-18/h1-3,6-10,12-13,15-16,30H,4-5,11,14,29H2. The van der Waals surface area contributed by atoms with Gasteiger partial charge in [-0.2, -0.15) is 0 Å². The van der Waals surface area contributed by atoms with Gasteiger partial charge in [0.1, 0.15) is 17.2 Å². The van der Waals surface area contributed by atoms with Crippen molar-refractivity contribution in [2.24, 2.45) is 5.73 Å². The van der Waals surface area contributed by atoms with Crippen LogP contribution in [0.2, 0.25) is 0 Å². The van der Waals surface area contributed by atoms with Crippen LogP contribution in [0.4, 0.5) is 13.2 Å². The lowest BCUT2D eigenvalue weighted by Crippen LogP contribution is -2.16. The molecule has 3 N–H and O–H groups in total. The van der Waals surface area contributed by atoms with Gasteiger partial charge in [-0.3, -0.25) is 0 Å². The van der Waals surface area contributed by atoms with Crippen LogP contribution in [0, 0.1) is 0 Å². The van der Waals surface area contributed by atoms with Crippen LogP contribution >= 0.6 is 0 Å². The van der Waals surface area contributed by atoms with Gasteiger partial charge in [0, 0.05) is 22.2 Å². The van der Waals surface area contributed by atoms with E-state index in [9.17, 15) is 13.2 Å². The molecular weight excluding hydrogens is 417 g/mol. The number of hydrogen-bond acceptors (Lipinski definition) is 3. The SMILES string of the molecule is NCCCCc1c(-c2cccc(Oc3ccccc3)c2)[nH]c2ccc(OC(F)(F)F)cc12. The van der Waals surface area contributed by atoms with Crippen molar-refractivity contribution in [3.05, 3.63) is 78.4 Å². The van der Waals surface area contributed by atoms with Gasteiger partial charge < -0.3 is 20.2 Å². The minimum Gasteiger partial charge on any atom is -0.457 e. The lowest BCUT2D eigenvalue weighted by atomic mass is 10.00. The number of halogens is 3. The first-order valence-electron chi connectivity index (χ1n) is 10.4. The van der Waals surface area contributed by atoms with Crippen molar-refractivity contribution >= 4 is 10.9 Å². The van der Waals surface area contributed by atoms with Gasteiger partial charge in [-0.05, 0) is 73.8 Å². The minimum absolute atomic E-state index is 0.239. The second-order valence-electron chi connectivity index (χ2n) is 7.42. The summed E-state index contributed by atoms with van der Waals surface area (Å²) in [5.41, 5.74) is 9.05. The van der Waals surface area contributed by atoms with Crippen LogP contribution in [0.5, 0.6) is 17.2 Å². The van der Waals surface area contributed by atoms with Gasteiger partial charge >= 0.3 is 6.36 Å². The lowest BCUT2D eigenvalue weighted by molar-refractivity contribution is -0.274. The smallest absolute Gasteiger partial charge is 0.457 e. The molecule has 1 heterocycles. The summed E-state index contributed by atoms with van der Waals surface area (Å²) in [6, 6.07) is 21.4. The fourth-order valence-corrected chi connectivity index (χ4v) is 3.72. The van der Waals surface area contributed by atoms with Crippen molar-refractivity contribution in [1.82, 2.24) is 4.98 Å². The van der Waals surface area contributed by atoms with E-state index in [0.29, 0.717) is 24.1 Å². The fourth-order valence-electron chi connectivity index (χ4n) is 3.72. The lowest BCUT2D eigenvalue weighted by Gasteiger charge is -2.10. The third-order valence-electron chi connectivity index (χ3n) is 5.09. The summed E-state index contributed by atoms with van der Waals surface area (Å²) < 4.78 is 48.3. The van der Waals surface area contributed by atoms with Crippen molar-refractivity contribution in [3.63, 3.8) is 0 Å². The molecule has 1 aromatic heterocycles. The molecule has 0 radical (unpaired) electrons. The Morgan fingerprint density at radius 3 is 2.34 bits per heavy atom. The number of H-pyrrole nitrogens is 1. The number of unbranched alkanes of at least 4 members (excludes halogenated alkanes) is 1. The van der Waals surface area contributed by atoms with E-state index in [-0.39, 0.29) is 5.75 Å². The molecule has 0 atom stereocenters. The summed E-state index contributed by atoms with van der Waals surface area (Å²) in [5.74, 6) is 1.15. The number of alkyl halides is 3. The number of benzene rings is 3. The average molecular weight is 440 g/mol. The highest BCUT2D eigenvalue weighted by atomic mass is 19.4. The molecule has 0 amide bonds. The molecule has 166 valence electrons. The number of aromatic amines is 1. The van der Waals surface area contributed by atoms with E-state index in [1.165, 1.54) is 12.1 Å². The van der Waals surface area contributed by atoms with Gasteiger partial charge in [0.25, 0.3) is 0 Å². The molecule has 0 spiro atoms. The van der Waals surface area contributed by atoms with Crippen LogP contribution in [0.3, 0.4) is 0 Å². The van der Waals surface area contributed by atoms with E-state index in [2.05, 4.69) is 9.72 Å². The Bertz CT molecular complexity index is 1190. The molecule has 0 bridgehead atoms. The molecular formula is C25H23F3N2O2. The van der Waals surface area contributed by atoms with Gasteiger partial charge in [0.2, 0.25) is 0 Å². The second kappa shape index (κ2) is 9.36. The Morgan fingerprint density at radius 1 is 0.812 bits per heavy atom. The first-order valence-corrected chi connectivity index (χ1v) is 10.4. The van der Waals surface area contributed by atoms with E-state index < -0.39 is 6.36 Å². The quantitative estimate of drug-likeness (QED) is 0.296. The van der Waals surface area contributed by atoms with Crippen molar-refractivity contribution in [3.8, 4) is 28.5 Å². The minimum atomic E-state index is -4.74. The molecule has 0 unspecified atom stereocenters. The molecule has 3 aromatic carbocycles. The monoisotopic (exact) mass is 440 g/mol. The van der Waals surface area contributed by atoms with E-state index in [1.807, 2.05) is 54.6 Å². The van der Waals surface area contributed by atoms with Crippen LogP contribution < -0.4 is 15.2 Å². The van der Waals surface area contributed by atoms with Crippen LogP contribution in [0.25, 0.3) is 22.2 Å². The maximum absolute atomic E-state index is 12.7. The van der Waals surface area contributed by atoms with Crippen LogP contribution in [-0.2, 0) is 6.42 Å². The molecule has 0 fully saturated rings. The molecule has 0 aliphatic carbocycles. The maximum Gasteiger partial charge on any atom is 0.573 e. The summed E-state index contributed by atoms with van der Waals surface area (Å²) in [6.45, 7) is 0.556. The van der Waals surface area contributed by atoms with Crippen LogP contribution in [-0.4, -0.2) is 17.9 Å². The fraction of sp³-hybridized carbons (Fsp3) is 0.200. The van der Waals surface area contributed by atoms with E-state index >= 15 is 0 Å². The van der Waals surface area contributed by atoms with E-state index in [1.54, 1.807) is 6.07 Å². The van der Waals surface area contributed by atoms with Gasteiger partial charge in [0.15, 0.2) is 0 Å². The highest BCUT2D eigenvalue weighted by Gasteiger charge is 2.31. The van der Waals surface area contributed by atoms with Crippen LogP contribution in [0.1, 0.15) is 18.4 Å². The average Bonchev–Trinajstić information content (AvgIpc) is 3.12. The van der Waals surface area contributed by atoms with Gasteiger partial charge in [-0.15, -0.1) is 13.2 Å². The number of aryl methyl sites for hydroxylation is 1. The Hall–Kier alpha value is -3.45. The third kappa shape index (κ3) is 5.23. The first kappa shape index (κ1) is 21.8. The zero-order valence-corrected chi connectivity index (χ0v) is 17.3. The summed E-state index contributed by atoms with van der Waals surface area (Å²) in [4.78, 5) is 3.36. The second-order valence-corrected chi connectivity index (χ2v) is 7.42. The Kier molecular flexibility index (Phi) is 6.37. The molecule has 0 saturated heterocycles. The highest BCUT2D eigenvalue weighted by molar-refractivity contribution is 5.92. The number of nitrogens with two attached hydrogens (primary N) is 1. The summed E-state index contributed by atoms with van der Waals surface area (Å²) in [5, 5.41) is 0.702. The molecule has 4 aromatic rings. The molecule has 32 heavy (non-hydrogen) atoms. The van der Waals surface area contributed by atoms with E-state index in [4.69, 9.17) is 10.5 Å². The number of rotatable bonds is 8. The largest absolute Gasteiger partial charge is 0.573 e. The number of nitrogens with one attached hydrogen (secondary N) is 1. The van der Waals surface area contributed by atoms with Gasteiger partial charge in [-0.1, -0.05) is 30.3 Å². The molecule has 4 rings (SSSR count). The number of aromatic nitrogens is 1. The number of fused-ring (bicyclic) bond motifs is 1. The van der Waals surface area contributed by atoms with Gasteiger partial charge in [-0.25, -0.2) is 0 Å². The Labute approximate surface area is 183 Å². The van der Waals surface area contributed by atoms with Crippen LogP contribution in [0.15, 0.2) is 72.8 Å². The van der Waals surface area contributed by atoms with Crippen molar-refractivity contribution in [2.45, 2.75) is 25.6 Å². The maximum atomic E-state index is 12.7. The normalized spacial score (nSPS) is 11.6. The first-order chi connectivity index (χ1) is 15.4. The van der Waals surface area contributed by atoms with Crippen molar-refractivity contribution in [2.75, 3.05) is 6.54 Å². The molecule has 0 aliphatic heterocycles. The predicted molar refractivity (Wildman–Crippen MR) is 119 cm³/mol. The zero-order valence-electron chi connectivity index (χ0n) is 17.3. The molecule has 0 saturated carbocycles. The van der Waals surface area contributed by atoms with E-state index in [0.717, 1.165) is 40.9 Å². The number of hydrogen-bond donors (Lipinski definition) is 2. The number of ether oxygens (including phenoxy) is 2. The Balaban J connectivity index is 1.73. The third-order valence-corrected chi connectivity index (χ3v) is 5.09. The van der Waals surface area contributed by atoms with Crippen molar-refractivity contribution < 1.29 is 22.6 Å². The predicted octanol–water partition coefficient (Wildman–Crippen LogP) is 6.81. The zero-order chi connectivity index (χ0) is 22.6. The molecule has 4 nitrogen and oxygen atoms in total. The van der Waals surface area contributed by atoms with Gasteiger partial charge in [0.05, 0.1) is 0 Å².